The predicted molar refractivity (Wildman–Crippen MR) is 60.7 cm³/mol. The fourth-order valence-electron chi connectivity index (χ4n) is 1.46. The van der Waals surface area contributed by atoms with E-state index in [9.17, 15) is 5.11 Å². The van der Waals surface area contributed by atoms with E-state index in [1.807, 2.05) is 18.2 Å². The van der Waals surface area contributed by atoms with Gasteiger partial charge in [0.05, 0.1) is 5.33 Å². The lowest BCUT2D eigenvalue weighted by Crippen LogP contribution is -2.46. The SMILES string of the molecule is CCc1ccc2c(c1)OC(O)(CBr)CO2. The van der Waals surface area contributed by atoms with Crippen molar-refractivity contribution in [1.29, 1.82) is 0 Å². The largest absolute Gasteiger partial charge is 0.483 e. The Bertz CT molecular complexity index is 367. The van der Waals surface area contributed by atoms with Gasteiger partial charge in [-0.15, -0.1) is 0 Å². The average molecular weight is 273 g/mol. The van der Waals surface area contributed by atoms with Gasteiger partial charge in [-0.3, -0.25) is 0 Å². The van der Waals surface area contributed by atoms with Crippen LogP contribution in [0.3, 0.4) is 0 Å². The van der Waals surface area contributed by atoms with Crippen LogP contribution in [0.15, 0.2) is 18.2 Å². The Hall–Kier alpha value is -0.740. The number of rotatable bonds is 2. The minimum atomic E-state index is -1.25. The van der Waals surface area contributed by atoms with E-state index in [-0.39, 0.29) is 6.61 Å². The molecule has 1 atom stereocenters. The smallest absolute Gasteiger partial charge is 0.252 e. The molecule has 1 aromatic rings. The van der Waals surface area contributed by atoms with Crippen LogP contribution in [0.2, 0.25) is 0 Å². The van der Waals surface area contributed by atoms with Gasteiger partial charge in [0.15, 0.2) is 18.1 Å². The lowest BCUT2D eigenvalue weighted by molar-refractivity contribution is -0.154. The molecule has 1 unspecified atom stereocenters. The van der Waals surface area contributed by atoms with Crippen molar-refractivity contribution in [3.8, 4) is 11.5 Å². The van der Waals surface area contributed by atoms with E-state index >= 15 is 0 Å². The summed E-state index contributed by atoms with van der Waals surface area (Å²) in [6.07, 6.45) is 0.934. The number of aryl methyl sites for hydroxylation is 1. The summed E-state index contributed by atoms with van der Waals surface area (Å²) >= 11 is 3.20. The number of alkyl halides is 1. The van der Waals surface area contributed by atoms with Crippen molar-refractivity contribution in [2.24, 2.45) is 0 Å². The molecule has 15 heavy (non-hydrogen) atoms. The first-order chi connectivity index (χ1) is 7.17. The number of benzene rings is 1. The number of ether oxygens (including phenoxy) is 2. The van der Waals surface area contributed by atoms with Crippen molar-refractivity contribution >= 4 is 15.9 Å². The lowest BCUT2D eigenvalue weighted by Gasteiger charge is -2.32. The van der Waals surface area contributed by atoms with Crippen molar-refractivity contribution in [2.45, 2.75) is 19.1 Å². The highest BCUT2D eigenvalue weighted by atomic mass is 79.9. The fraction of sp³-hybridized carbons (Fsp3) is 0.455. The number of hydrogen-bond donors (Lipinski definition) is 1. The molecule has 0 spiro atoms. The van der Waals surface area contributed by atoms with E-state index < -0.39 is 5.79 Å². The minimum absolute atomic E-state index is 0.150. The average Bonchev–Trinajstić information content (AvgIpc) is 2.28. The molecule has 1 N–H and O–H groups in total. The van der Waals surface area contributed by atoms with Gasteiger partial charge in [0.2, 0.25) is 0 Å². The zero-order valence-corrected chi connectivity index (χ0v) is 10.1. The number of aliphatic hydroxyl groups is 1. The molecule has 0 amide bonds. The molecule has 0 fully saturated rings. The van der Waals surface area contributed by atoms with Gasteiger partial charge >= 0.3 is 0 Å². The Labute approximate surface area is 97.1 Å². The molecule has 1 aromatic carbocycles. The summed E-state index contributed by atoms with van der Waals surface area (Å²) in [6.45, 7) is 2.22. The zero-order valence-electron chi connectivity index (χ0n) is 8.50. The molecule has 0 bridgehead atoms. The summed E-state index contributed by atoms with van der Waals surface area (Å²) in [5, 5.41) is 10.2. The molecule has 1 heterocycles. The van der Waals surface area contributed by atoms with Crippen molar-refractivity contribution in [2.75, 3.05) is 11.9 Å². The van der Waals surface area contributed by atoms with Gasteiger partial charge in [-0.25, -0.2) is 0 Å². The number of hydrogen-bond acceptors (Lipinski definition) is 3. The van der Waals surface area contributed by atoms with E-state index in [1.54, 1.807) is 0 Å². The third kappa shape index (κ3) is 2.11. The molecule has 0 radical (unpaired) electrons. The van der Waals surface area contributed by atoms with Crippen LogP contribution < -0.4 is 9.47 Å². The normalized spacial score (nSPS) is 23.9. The second-order valence-electron chi connectivity index (χ2n) is 3.61. The van der Waals surface area contributed by atoms with Crippen molar-refractivity contribution in [3.05, 3.63) is 23.8 Å². The van der Waals surface area contributed by atoms with Gasteiger partial charge in [0, 0.05) is 0 Å². The maximum atomic E-state index is 9.90. The van der Waals surface area contributed by atoms with Gasteiger partial charge in [0.1, 0.15) is 0 Å². The second kappa shape index (κ2) is 4.02. The van der Waals surface area contributed by atoms with E-state index in [2.05, 4.69) is 22.9 Å². The van der Waals surface area contributed by atoms with Crippen LogP contribution in [0.1, 0.15) is 12.5 Å². The molecule has 2 rings (SSSR count). The van der Waals surface area contributed by atoms with E-state index in [1.165, 1.54) is 0 Å². The molecule has 0 saturated heterocycles. The van der Waals surface area contributed by atoms with Crippen LogP contribution in [0.5, 0.6) is 11.5 Å². The highest BCUT2D eigenvalue weighted by Crippen LogP contribution is 2.35. The van der Waals surface area contributed by atoms with Crippen molar-refractivity contribution in [3.63, 3.8) is 0 Å². The third-order valence-corrected chi connectivity index (χ3v) is 3.25. The molecule has 0 saturated carbocycles. The molecule has 1 aliphatic rings. The highest BCUT2D eigenvalue weighted by Gasteiger charge is 2.34. The summed E-state index contributed by atoms with van der Waals surface area (Å²) in [5.41, 5.74) is 1.16. The standard InChI is InChI=1S/C11H13BrO3/c1-2-8-3-4-9-10(5-8)15-11(13,6-12)7-14-9/h3-5,13H,2,6-7H2,1H3. The summed E-state index contributed by atoms with van der Waals surface area (Å²) < 4.78 is 10.9. The van der Waals surface area contributed by atoms with Crippen LogP contribution >= 0.6 is 15.9 Å². The predicted octanol–water partition coefficient (Wildman–Crippen LogP) is 2.10. The first-order valence-corrected chi connectivity index (χ1v) is 6.02. The summed E-state index contributed by atoms with van der Waals surface area (Å²) in [4.78, 5) is 0. The van der Waals surface area contributed by atoms with E-state index in [4.69, 9.17) is 9.47 Å². The minimum Gasteiger partial charge on any atom is -0.483 e. The van der Waals surface area contributed by atoms with Crippen LogP contribution in [-0.2, 0) is 6.42 Å². The fourth-order valence-corrected chi connectivity index (χ4v) is 1.74. The van der Waals surface area contributed by atoms with Crippen LogP contribution in [0.25, 0.3) is 0 Å². The molecule has 0 aliphatic carbocycles. The number of fused-ring (bicyclic) bond motifs is 1. The Morgan fingerprint density at radius 3 is 2.93 bits per heavy atom. The van der Waals surface area contributed by atoms with E-state index in [0.717, 1.165) is 12.0 Å². The van der Waals surface area contributed by atoms with Gasteiger partial charge in [-0.05, 0) is 24.1 Å². The quantitative estimate of drug-likeness (QED) is 0.839. The molecule has 82 valence electrons. The van der Waals surface area contributed by atoms with Gasteiger partial charge in [-0.1, -0.05) is 28.9 Å². The van der Waals surface area contributed by atoms with E-state index in [0.29, 0.717) is 16.8 Å². The van der Waals surface area contributed by atoms with Gasteiger partial charge < -0.3 is 14.6 Å². The monoisotopic (exact) mass is 272 g/mol. The summed E-state index contributed by atoms with van der Waals surface area (Å²) in [5.74, 6) is 0.0553. The Morgan fingerprint density at radius 1 is 1.47 bits per heavy atom. The summed E-state index contributed by atoms with van der Waals surface area (Å²) in [6, 6.07) is 5.78. The first kappa shape index (κ1) is 10.8. The molecular weight excluding hydrogens is 260 g/mol. The van der Waals surface area contributed by atoms with Gasteiger partial charge in [-0.2, -0.15) is 0 Å². The molecular formula is C11H13BrO3. The third-order valence-electron chi connectivity index (χ3n) is 2.38. The van der Waals surface area contributed by atoms with Crippen LogP contribution in [0.4, 0.5) is 0 Å². The van der Waals surface area contributed by atoms with Gasteiger partial charge in [0.25, 0.3) is 5.79 Å². The summed E-state index contributed by atoms with van der Waals surface area (Å²) in [7, 11) is 0. The topological polar surface area (TPSA) is 38.7 Å². The lowest BCUT2D eigenvalue weighted by atomic mass is 10.1. The Balaban J connectivity index is 2.31. The molecule has 0 aromatic heterocycles. The Morgan fingerprint density at radius 2 is 2.27 bits per heavy atom. The van der Waals surface area contributed by atoms with Crippen molar-refractivity contribution < 1.29 is 14.6 Å². The second-order valence-corrected chi connectivity index (χ2v) is 4.17. The van der Waals surface area contributed by atoms with Crippen LogP contribution in [-0.4, -0.2) is 22.8 Å². The molecule has 4 heteroatoms. The first-order valence-electron chi connectivity index (χ1n) is 4.90. The number of halogens is 1. The zero-order chi connectivity index (χ0) is 10.9. The maximum absolute atomic E-state index is 9.90. The van der Waals surface area contributed by atoms with Crippen LogP contribution in [0, 0.1) is 0 Å². The molecule has 3 nitrogen and oxygen atoms in total. The molecule has 1 aliphatic heterocycles. The highest BCUT2D eigenvalue weighted by molar-refractivity contribution is 9.09. The van der Waals surface area contributed by atoms with Crippen molar-refractivity contribution in [1.82, 2.24) is 0 Å². The Kier molecular flexibility index (Phi) is 2.89. The maximum Gasteiger partial charge on any atom is 0.252 e.